The molecule has 0 bridgehead atoms. The highest BCUT2D eigenvalue weighted by molar-refractivity contribution is 5.90. The average molecular weight is 390 g/mol. The van der Waals surface area contributed by atoms with Crippen molar-refractivity contribution in [2.24, 2.45) is 0 Å². The van der Waals surface area contributed by atoms with Crippen molar-refractivity contribution in [3.05, 3.63) is 108 Å². The fourth-order valence-electron chi connectivity index (χ4n) is 4.55. The molecule has 2 heterocycles. The summed E-state index contributed by atoms with van der Waals surface area (Å²) in [6.07, 6.45) is 0. The molecule has 3 heteroatoms. The van der Waals surface area contributed by atoms with Gasteiger partial charge in [0.15, 0.2) is 5.66 Å². The Morgan fingerprint density at radius 1 is 0.600 bits per heavy atom. The summed E-state index contributed by atoms with van der Waals surface area (Å²) in [5.41, 5.74) is 4.00. The largest absolute Gasteiger partial charge is 0.457 e. The van der Waals surface area contributed by atoms with Gasteiger partial charge in [0.1, 0.15) is 11.3 Å². The van der Waals surface area contributed by atoms with Crippen LogP contribution in [0.5, 0.6) is 0 Å². The van der Waals surface area contributed by atoms with E-state index in [0.29, 0.717) is 0 Å². The smallest absolute Gasteiger partial charge is 0.155 e. The van der Waals surface area contributed by atoms with Crippen LogP contribution < -0.4 is 10.6 Å². The molecule has 146 valence electrons. The first kappa shape index (κ1) is 17.5. The van der Waals surface area contributed by atoms with E-state index in [1.807, 2.05) is 6.07 Å². The third kappa shape index (κ3) is 2.75. The fourth-order valence-corrected chi connectivity index (χ4v) is 4.55. The zero-order chi connectivity index (χ0) is 20.0. The van der Waals surface area contributed by atoms with Gasteiger partial charge in [0, 0.05) is 18.5 Å². The Labute approximate surface area is 175 Å². The first-order chi connectivity index (χ1) is 14.8. The molecular formula is C27H22N2O. The maximum atomic E-state index is 6.35. The molecule has 0 saturated carbocycles. The summed E-state index contributed by atoms with van der Waals surface area (Å²) in [5.74, 6) is 0.900. The van der Waals surface area contributed by atoms with Gasteiger partial charge in [-0.1, -0.05) is 72.8 Å². The number of furan rings is 1. The van der Waals surface area contributed by atoms with Gasteiger partial charge in [-0.25, -0.2) is 0 Å². The molecular weight excluding hydrogens is 368 g/mol. The van der Waals surface area contributed by atoms with Crippen LogP contribution in [0.1, 0.15) is 11.3 Å². The Morgan fingerprint density at radius 3 is 2.07 bits per heavy atom. The highest BCUT2D eigenvalue weighted by atomic mass is 16.3. The highest BCUT2D eigenvalue weighted by Gasteiger charge is 2.39. The summed E-state index contributed by atoms with van der Waals surface area (Å²) in [7, 11) is 0. The van der Waals surface area contributed by atoms with Crippen LogP contribution in [-0.4, -0.2) is 13.1 Å². The van der Waals surface area contributed by atoms with E-state index in [1.165, 1.54) is 21.9 Å². The van der Waals surface area contributed by atoms with Gasteiger partial charge in [-0.05, 0) is 51.7 Å². The lowest BCUT2D eigenvalue weighted by Gasteiger charge is -2.28. The minimum Gasteiger partial charge on any atom is -0.457 e. The van der Waals surface area contributed by atoms with Crippen LogP contribution in [0, 0.1) is 0 Å². The lowest BCUT2D eigenvalue weighted by molar-refractivity contribution is 0.340. The normalized spacial score (nSPS) is 15.7. The molecule has 1 aliphatic rings. The third-order valence-electron chi connectivity index (χ3n) is 6.08. The Balaban J connectivity index is 1.45. The monoisotopic (exact) mass is 390 g/mol. The summed E-state index contributed by atoms with van der Waals surface area (Å²) in [4.78, 5) is 0. The quantitative estimate of drug-likeness (QED) is 0.418. The maximum Gasteiger partial charge on any atom is 0.155 e. The van der Waals surface area contributed by atoms with E-state index < -0.39 is 5.66 Å². The summed E-state index contributed by atoms with van der Waals surface area (Å²) < 4.78 is 6.35. The number of nitrogens with one attached hydrogen (secondary N) is 2. The molecule has 5 aromatic rings. The third-order valence-corrected chi connectivity index (χ3v) is 6.08. The molecule has 0 amide bonds. The van der Waals surface area contributed by atoms with Gasteiger partial charge in [0.25, 0.3) is 0 Å². The van der Waals surface area contributed by atoms with Crippen molar-refractivity contribution in [1.29, 1.82) is 0 Å². The van der Waals surface area contributed by atoms with E-state index in [1.54, 1.807) is 0 Å². The van der Waals surface area contributed by atoms with Crippen LogP contribution in [0.2, 0.25) is 0 Å². The first-order valence-corrected chi connectivity index (χ1v) is 10.4. The standard InChI is InChI=1S/C27H22N2O/c1-2-8-24(9-3-1)27(28-14-15-29-27)26-18-23-17-22(12-13-25(23)30-26)21-11-10-19-6-4-5-7-20(19)16-21/h1-13,16-18,28-29H,14-15H2. The SMILES string of the molecule is c1ccc(C2(c3cc4cc(-c5ccc6ccccc6c5)ccc4o3)NCCN2)cc1. The van der Waals surface area contributed by atoms with Gasteiger partial charge in [-0.3, -0.25) is 10.6 Å². The second-order valence-electron chi connectivity index (χ2n) is 7.89. The molecule has 0 atom stereocenters. The predicted octanol–water partition coefficient (Wildman–Crippen LogP) is 5.65. The molecule has 1 fully saturated rings. The van der Waals surface area contributed by atoms with Gasteiger partial charge in [0.05, 0.1) is 0 Å². The van der Waals surface area contributed by atoms with Gasteiger partial charge >= 0.3 is 0 Å². The van der Waals surface area contributed by atoms with Gasteiger partial charge < -0.3 is 4.42 Å². The molecule has 0 unspecified atom stereocenters. The Bertz CT molecular complexity index is 1350. The summed E-state index contributed by atoms with van der Waals surface area (Å²) in [6.45, 7) is 1.79. The van der Waals surface area contributed by atoms with Gasteiger partial charge in [0.2, 0.25) is 0 Å². The highest BCUT2D eigenvalue weighted by Crippen LogP contribution is 2.35. The molecule has 6 rings (SSSR count). The Kier molecular flexibility index (Phi) is 3.98. The van der Waals surface area contributed by atoms with Crippen LogP contribution in [0.25, 0.3) is 32.9 Å². The van der Waals surface area contributed by atoms with E-state index >= 15 is 0 Å². The van der Waals surface area contributed by atoms with Crippen molar-refractivity contribution < 1.29 is 4.42 Å². The number of hydrogen-bond acceptors (Lipinski definition) is 3. The molecule has 1 aromatic heterocycles. The van der Waals surface area contributed by atoms with Crippen molar-refractivity contribution in [2.75, 3.05) is 13.1 Å². The minimum absolute atomic E-state index is 0.483. The predicted molar refractivity (Wildman–Crippen MR) is 122 cm³/mol. The fraction of sp³-hybridized carbons (Fsp3) is 0.111. The average Bonchev–Trinajstić information content (AvgIpc) is 3.47. The molecule has 0 aliphatic carbocycles. The number of fused-ring (bicyclic) bond motifs is 2. The van der Waals surface area contributed by atoms with E-state index in [9.17, 15) is 0 Å². The molecule has 3 nitrogen and oxygen atoms in total. The number of hydrogen-bond donors (Lipinski definition) is 2. The summed E-state index contributed by atoms with van der Waals surface area (Å²) >= 11 is 0. The molecule has 1 aliphatic heterocycles. The number of rotatable bonds is 3. The molecule has 2 N–H and O–H groups in total. The van der Waals surface area contributed by atoms with E-state index in [4.69, 9.17) is 4.42 Å². The van der Waals surface area contributed by atoms with E-state index in [-0.39, 0.29) is 0 Å². The second kappa shape index (κ2) is 6.84. The zero-order valence-corrected chi connectivity index (χ0v) is 16.6. The Hall–Kier alpha value is -3.40. The van der Waals surface area contributed by atoms with Crippen molar-refractivity contribution in [1.82, 2.24) is 10.6 Å². The van der Waals surface area contributed by atoms with Crippen molar-refractivity contribution >= 4 is 21.7 Å². The molecule has 0 radical (unpaired) electrons. The topological polar surface area (TPSA) is 37.2 Å². The van der Waals surface area contributed by atoms with Crippen LogP contribution in [0.4, 0.5) is 0 Å². The van der Waals surface area contributed by atoms with Crippen LogP contribution in [0.15, 0.2) is 101 Å². The molecule has 4 aromatic carbocycles. The van der Waals surface area contributed by atoms with Crippen LogP contribution in [-0.2, 0) is 5.66 Å². The second-order valence-corrected chi connectivity index (χ2v) is 7.89. The van der Waals surface area contributed by atoms with Crippen molar-refractivity contribution in [3.63, 3.8) is 0 Å². The maximum absolute atomic E-state index is 6.35. The van der Waals surface area contributed by atoms with Crippen molar-refractivity contribution in [2.45, 2.75) is 5.66 Å². The zero-order valence-electron chi connectivity index (χ0n) is 16.6. The summed E-state index contributed by atoms with van der Waals surface area (Å²) in [5, 5.41) is 10.9. The molecule has 0 spiro atoms. The van der Waals surface area contributed by atoms with Crippen molar-refractivity contribution in [3.8, 4) is 11.1 Å². The van der Waals surface area contributed by atoms with Crippen LogP contribution >= 0.6 is 0 Å². The van der Waals surface area contributed by atoms with Crippen LogP contribution in [0.3, 0.4) is 0 Å². The summed E-state index contributed by atoms with van der Waals surface area (Å²) in [6, 6.07) is 34.2. The molecule has 1 saturated heterocycles. The first-order valence-electron chi connectivity index (χ1n) is 10.4. The number of benzene rings is 4. The lowest BCUT2D eigenvalue weighted by Crippen LogP contribution is -2.46. The van der Waals surface area contributed by atoms with E-state index in [2.05, 4.69) is 102 Å². The van der Waals surface area contributed by atoms with Gasteiger partial charge in [-0.2, -0.15) is 0 Å². The Morgan fingerprint density at radius 2 is 1.27 bits per heavy atom. The molecule has 30 heavy (non-hydrogen) atoms. The van der Waals surface area contributed by atoms with Gasteiger partial charge in [-0.15, -0.1) is 0 Å². The lowest BCUT2D eigenvalue weighted by atomic mass is 9.96. The minimum atomic E-state index is -0.483. The van der Waals surface area contributed by atoms with E-state index in [0.717, 1.165) is 35.4 Å².